The lowest BCUT2D eigenvalue weighted by Gasteiger charge is -2.22. The Bertz CT molecular complexity index is 386. The van der Waals surface area contributed by atoms with Gasteiger partial charge in [-0.2, -0.15) is 0 Å². The van der Waals surface area contributed by atoms with Crippen LogP contribution in [0.2, 0.25) is 0 Å². The predicted molar refractivity (Wildman–Crippen MR) is 51.3 cm³/mol. The van der Waals surface area contributed by atoms with Crippen molar-refractivity contribution in [3.8, 4) is 0 Å². The van der Waals surface area contributed by atoms with E-state index in [2.05, 4.69) is 0 Å². The van der Waals surface area contributed by atoms with Gasteiger partial charge in [0.25, 0.3) is 0 Å². The van der Waals surface area contributed by atoms with E-state index in [1.807, 2.05) is 0 Å². The smallest absolute Gasteiger partial charge is 0.165 e. The van der Waals surface area contributed by atoms with Crippen molar-refractivity contribution in [2.45, 2.75) is 25.9 Å². The van der Waals surface area contributed by atoms with E-state index < -0.39 is 17.2 Å². The van der Waals surface area contributed by atoms with Crippen LogP contribution in [0.5, 0.6) is 0 Å². The van der Waals surface area contributed by atoms with Crippen molar-refractivity contribution in [1.29, 1.82) is 0 Å². The van der Waals surface area contributed by atoms with E-state index in [1.165, 1.54) is 26.0 Å². The molecule has 0 saturated heterocycles. The first-order chi connectivity index (χ1) is 6.90. The minimum atomic E-state index is -1.67. The van der Waals surface area contributed by atoms with Crippen molar-refractivity contribution in [1.82, 2.24) is 0 Å². The number of rotatable bonds is 3. The fourth-order valence-electron chi connectivity index (χ4n) is 1.33. The van der Waals surface area contributed by atoms with Gasteiger partial charge in [-0.15, -0.1) is 0 Å². The van der Waals surface area contributed by atoms with E-state index in [0.717, 1.165) is 0 Å². The first-order valence-corrected chi connectivity index (χ1v) is 4.51. The summed E-state index contributed by atoms with van der Waals surface area (Å²) >= 11 is 0. The summed E-state index contributed by atoms with van der Waals surface area (Å²) in [6, 6.07) is 2.66. The molecule has 4 heteroatoms. The van der Waals surface area contributed by atoms with Crippen molar-refractivity contribution in [2.75, 3.05) is 0 Å². The minimum Gasteiger partial charge on any atom is -0.385 e. The standard InChI is InChI=1S/C11H12F2O2/c1-7-3-4-8(10(13)9(7)12)11(2,15)5-6-14/h3-4,6,15H,5H2,1-2H3. The summed E-state index contributed by atoms with van der Waals surface area (Å²) < 4.78 is 26.6. The average Bonchev–Trinajstić information content (AvgIpc) is 2.13. The van der Waals surface area contributed by atoms with Crippen molar-refractivity contribution in [3.63, 3.8) is 0 Å². The summed E-state index contributed by atoms with van der Waals surface area (Å²) in [6.07, 6.45) is 0.198. The van der Waals surface area contributed by atoms with Crippen molar-refractivity contribution in [3.05, 3.63) is 34.9 Å². The first-order valence-electron chi connectivity index (χ1n) is 4.51. The normalized spacial score (nSPS) is 14.7. The number of halogens is 2. The third-order valence-electron chi connectivity index (χ3n) is 2.34. The number of hydrogen-bond acceptors (Lipinski definition) is 2. The Labute approximate surface area is 86.5 Å². The van der Waals surface area contributed by atoms with Gasteiger partial charge in [0.15, 0.2) is 11.6 Å². The second kappa shape index (κ2) is 4.06. The Morgan fingerprint density at radius 3 is 2.53 bits per heavy atom. The van der Waals surface area contributed by atoms with E-state index in [9.17, 15) is 18.7 Å². The molecule has 1 aromatic rings. The molecule has 0 fully saturated rings. The highest BCUT2D eigenvalue weighted by Crippen LogP contribution is 2.28. The summed E-state index contributed by atoms with van der Waals surface area (Å²) in [5.74, 6) is -2.08. The molecule has 2 nitrogen and oxygen atoms in total. The number of carbonyl (C=O) groups is 1. The molecule has 0 aliphatic rings. The lowest BCUT2D eigenvalue weighted by atomic mass is 9.92. The Kier molecular flexibility index (Phi) is 3.19. The zero-order valence-electron chi connectivity index (χ0n) is 8.55. The van der Waals surface area contributed by atoms with E-state index in [1.54, 1.807) is 0 Å². The van der Waals surface area contributed by atoms with Crippen LogP contribution in [0.25, 0.3) is 0 Å². The molecule has 1 atom stereocenters. The quantitative estimate of drug-likeness (QED) is 0.782. The highest BCUT2D eigenvalue weighted by atomic mass is 19.2. The highest BCUT2D eigenvalue weighted by molar-refractivity contribution is 5.52. The zero-order chi connectivity index (χ0) is 11.6. The molecule has 0 saturated carbocycles. The van der Waals surface area contributed by atoms with Crippen LogP contribution in [0.4, 0.5) is 8.78 Å². The Morgan fingerprint density at radius 1 is 1.40 bits per heavy atom. The molecule has 0 aliphatic heterocycles. The zero-order valence-corrected chi connectivity index (χ0v) is 8.55. The SMILES string of the molecule is Cc1ccc(C(C)(O)CC=O)c(F)c1F. The Hall–Kier alpha value is -1.29. The Balaban J connectivity index is 3.26. The fraction of sp³-hybridized carbons (Fsp3) is 0.364. The van der Waals surface area contributed by atoms with Crippen LogP contribution in [-0.2, 0) is 10.4 Å². The second-order valence-electron chi connectivity index (χ2n) is 3.70. The number of aliphatic hydroxyl groups is 1. The summed E-state index contributed by atoms with van der Waals surface area (Å²) in [5, 5.41) is 9.74. The molecule has 0 radical (unpaired) electrons. The molecule has 82 valence electrons. The molecule has 0 amide bonds. The number of benzene rings is 1. The second-order valence-corrected chi connectivity index (χ2v) is 3.70. The van der Waals surface area contributed by atoms with E-state index >= 15 is 0 Å². The van der Waals surface area contributed by atoms with Gasteiger partial charge in [0, 0.05) is 12.0 Å². The van der Waals surface area contributed by atoms with Crippen LogP contribution in [0, 0.1) is 18.6 Å². The molecule has 15 heavy (non-hydrogen) atoms. The van der Waals surface area contributed by atoms with Gasteiger partial charge in [-0.1, -0.05) is 12.1 Å². The maximum Gasteiger partial charge on any atom is 0.165 e. The van der Waals surface area contributed by atoms with Crippen LogP contribution in [-0.4, -0.2) is 11.4 Å². The fourth-order valence-corrected chi connectivity index (χ4v) is 1.33. The molecule has 0 spiro atoms. The van der Waals surface area contributed by atoms with E-state index in [-0.39, 0.29) is 17.5 Å². The van der Waals surface area contributed by atoms with Gasteiger partial charge in [-0.05, 0) is 19.4 Å². The maximum atomic E-state index is 13.4. The molecule has 1 aromatic carbocycles. The van der Waals surface area contributed by atoms with Gasteiger partial charge in [-0.3, -0.25) is 0 Å². The van der Waals surface area contributed by atoms with E-state index in [4.69, 9.17) is 0 Å². The average molecular weight is 214 g/mol. The van der Waals surface area contributed by atoms with Crippen LogP contribution in [0.3, 0.4) is 0 Å². The van der Waals surface area contributed by atoms with Crippen molar-refractivity contribution < 1.29 is 18.7 Å². The Morgan fingerprint density at radius 2 is 2.00 bits per heavy atom. The molecule has 0 aliphatic carbocycles. The topological polar surface area (TPSA) is 37.3 Å². The molecule has 0 bridgehead atoms. The molecule has 0 aromatic heterocycles. The lowest BCUT2D eigenvalue weighted by Crippen LogP contribution is -2.24. The van der Waals surface area contributed by atoms with E-state index in [0.29, 0.717) is 6.29 Å². The highest BCUT2D eigenvalue weighted by Gasteiger charge is 2.28. The van der Waals surface area contributed by atoms with Crippen molar-refractivity contribution >= 4 is 6.29 Å². The third kappa shape index (κ3) is 2.21. The maximum absolute atomic E-state index is 13.4. The monoisotopic (exact) mass is 214 g/mol. The minimum absolute atomic E-state index is 0.165. The van der Waals surface area contributed by atoms with Gasteiger partial charge < -0.3 is 9.90 Å². The summed E-state index contributed by atoms with van der Waals surface area (Å²) in [5.41, 5.74) is -1.70. The molecular formula is C11H12F2O2. The third-order valence-corrected chi connectivity index (χ3v) is 2.34. The molecule has 1 rings (SSSR count). The molecule has 0 heterocycles. The number of hydrogen-bond donors (Lipinski definition) is 1. The summed E-state index contributed by atoms with van der Waals surface area (Å²) in [7, 11) is 0. The summed E-state index contributed by atoms with van der Waals surface area (Å²) in [6.45, 7) is 2.70. The van der Waals surface area contributed by atoms with Crippen LogP contribution < -0.4 is 0 Å². The van der Waals surface area contributed by atoms with Gasteiger partial charge >= 0.3 is 0 Å². The predicted octanol–water partition coefficient (Wildman–Crippen LogP) is 2.07. The number of carbonyl (C=O) groups excluding carboxylic acids is 1. The van der Waals surface area contributed by atoms with Gasteiger partial charge in [0.2, 0.25) is 0 Å². The van der Waals surface area contributed by atoms with Gasteiger partial charge in [0.05, 0.1) is 5.60 Å². The number of aldehydes is 1. The lowest BCUT2D eigenvalue weighted by molar-refractivity contribution is -0.112. The van der Waals surface area contributed by atoms with Crippen LogP contribution in [0.15, 0.2) is 12.1 Å². The van der Waals surface area contributed by atoms with Gasteiger partial charge in [-0.25, -0.2) is 8.78 Å². The van der Waals surface area contributed by atoms with Gasteiger partial charge in [0.1, 0.15) is 6.29 Å². The molecule has 1 unspecified atom stereocenters. The molecular weight excluding hydrogens is 202 g/mol. The first kappa shape index (κ1) is 11.8. The van der Waals surface area contributed by atoms with Crippen LogP contribution in [0.1, 0.15) is 24.5 Å². The van der Waals surface area contributed by atoms with Crippen molar-refractivity contribution in [2.24, 2.45) is 0 Å². The summed E-state index contributed by atoms with van der Waals surface area (Å²) in [4.78, 5) is 10.3. The van der Waals surface area contributed by atoms with Crippen LogP contribution >= 0.6 is 0 Å². The largest absolute Gasteiger partial charge is 0.385 e. The molecule has 1 N–H and O–H groups in total. The number of aryl methyl sites for hydroxylation is 1.